The van der Waals surface area contributed by atoms with E-state index in [2.05, 4.69) is 0 Å². The predicted octanol–water partition coefficient (Wildman–Crippen LogP) is 2.35. The third kappa shape index (κ3) is 1.14. The zero-order valence-corrected chi connectivity index (χ0v) is 7.29. The summed E-state index contributed by atoms with van der Waals surface area (Å²) in [5, 5.41) is 0. The summed E-state index contributed by atoms with van der Waals surface area (Å²) < 4.78 is 0. The van der Waals surface area contributed by atoms with Crippen molar-refractivity contribution in [2.24, 2.45) is 0 Å². The van der Waals surface area contributed by atoms with Gasteiger partial charge in [0.15, 0.2) is 0 Å². The highest BCUT2D eigenvalue weighted by molar-refractivity contribution is 6.35. The predicted molar refractivity (Wildman–Crippen MR) is 48.4 cm³/mol. The van der Waals surface area contributed by atoms with Crippen LogP contribution in [0.4, 0.5) is 0 Å². The SMILES string of the molecule is O=CC1(Cl)CC1c1ccccc1. The van der Waals surface area contributed by atoms with E-state index in [-0.39, 0.29) is 5.92 Å². The summed E-state index contributed by atoms with van der Waals surface area (Å²) in [6, 6.07) is 9.92. The van der Waals surface area contributed by atoms with E-state index in [1.54, 1.807) is 0 Å². The number of hydrogen-bond acceptors (Lipinski definition) is 1. The van der Waals surface area contributed by atoms with Gasteiger partial charge in [-0.15, -0.1) is 11.6 Å². The van der Waals surface area contributed by atoms with Crippen LogP contribution in [0.1, 0.15) is 17.9 Å². The zero-order chi connectivity index (χ0) is 8.60. The fourth-order valence-corrected chi connectivity index (χ4v) is 1.74. The fraction of sp³-hybridized carbons (Fsp3) is 0.300. The third-order valence-electron chi connectivity index (χ3n) is 2.33. The number of carbonyl (C=O) groups is 1. The molecule has 1 saturated carbocycles. The van der Waals surface area contributed by atoms with Gasteiger partial charge in [0.2, 0.25) is 0 Å². The van der Waals surface area contributed by atoms with Gasteiger partial charge in [-0.05, 0) is 12.0 Å². The van der Waals surface area contributed by atoms with Crippen LogP contribution in [0.2, 0.25) is 0 Å². The Hall–Kier alpha value is -0.820. The number of rotatable bonds is 2. The molecule has 0 N–H and O–H groups in total. The lowest BCUT2D eigenvalue weighted by Crippen LogP contribution is -2.02. The summed E-state index contributed by atoms with van der Waals surface area (Å²) in [5.74, 6) is 0.234. The van der Waals surface area contributed by atoms with E-state index in [0.29, 0.717) is 0 Å². The van der Waals surface area contributed by atoms with Crippen LogP contribution in [0.3, 0.4) is 0 Å². The summed E-state index contributed by atoms with van der Waals surface area (Å²) in [7, 11) is 0. The molecule has 0 aliphatic heterocycles. The van der Waals surface area contributed by atoms with Crippen LogP contribution in [-0.2, 0) is 4.79 Å². The fourth-order valence-electron chi connectivity index (χ4n) is 1.46. The van der Waals surface area contributed by atoms with Crippen LogP contribution in [-0.4, -0.2) is 11.2 Å². The molecule has 1 fully saturated rings. The van der Waals surface area contributed by atoms with Crippen molar-refractivity contribution in [1.29, 1.82) is 0 Å². The first-order valence-corrected chi connectivity index (χ1v) is 4.34. The lowest BCUT2D eigenvalue weighted by molar-refractivity contribution is -0.108. The highest BCUT2D eigenvalue weighted by Gasteiger charge is 2.53. The average Bonchev–Trinajstić information content (AvgIpc) is 2.81. The van der Waals surface area contributed by atoms with Crippen molar-refractivity contribution in [3.05, 3.63) is 35.9 Å². The van der Waals surface area contributed by atoms with Crippen molar-refractivity contribution >= 4 is 17.9 Å². The monoisotopic (exact) mass is 180 g/mol. The Kier molecular flexibility index (Phi) is 1.69. The Morgan fingerprint density at radius 1 is 1.42 bits per heavy atom. The minimum Gasteiger partial charge on any atom is -0.301 e. The van der Waals surface area contributed by atoms with Gasteiger partial charge in [0.1, 0.15) is 11.2 Å². The Morgan fingerprint density at radius 3 is 2.58 bits per heavy atom. The van der Waals surface area contributed by atoms with Crippen LogP contribution < -0.4 is 0 Å². The van der Waals surface area contributed by atoms with Crippen LogP contribution in [0, 0.1) is 0 Å². The summed E-state index contributed by atoms with van der Waals surface area (Å²) in [6.07, 6.45) is 1.63. The maximum Gasteiger partial charge on any atom is 0.141 e. The van der Waals surface area contributed by atoms with Crippen molar-refractivity contribution in [3.8, 4) is 0 Å². The molecule has 1 nitrogen and oxygen atoms in total. The lowest BCUT2D eigenvalue weighted by atomic mass is 10.1. The van der Waals surface area contributed by atoms with Gasteiger partial charge in [-0.1, -0.05) is 30.3 Å². The first-order valence-electron chi connectivity index (χ1n) is 3.96. The molecule has 2 heteroatoms. The minimum absolute atomic E-state index is 0.234. The molecule has 0 aromatic heterocycles. The summed E-state index contributed by atoms with van der Waals surface area (Å²) in [6.45, 7) is 0. The Labute approximate surface area is 76.4 Å². The van der Waals surface area contributed by atoms with E-state index in [4.69, 9.17) is 11.6 Å². The van der Waals surface area contributed by atoms with E-state index in [1.807, 2.05) is 30.3 Å². The molecule has 2 unspecified atom stereocenters. The molecule has 1 aliphatic rings. The Morgan fingerprint density at radius 2 is 2.08 bits per heavy atom. The van der Waals surface area contributed by atoms with E-state index < -0.39 is 4.87 Å². The molecule has 0 spiro atoms. The van der Waals surface area contributed by atoms with Crippen LogP contribution in [0.25, 0.3) is 0 Å². The van der Waals surface area contributed by atoms with Crippen LogP contribution >= 0.6 is 11.6 Å². The molecule has 0 amide bonds. The quantitative estimate of drug-likeness (QED) is 0.505. The highest BCUT2D eigenvalue weighted by atomic mass is 35.5. The minimum atomic E-state index is -0.596. The van der Waals surface area contributed by atoms with Crippen molar-refractivity contribution in [3.63, 3.8) is 0 Å². The van der Waals surface area contributed by atoms with E-state index in [1.165, 1.54) is 5.56 Å². The smallest absolute Gasteiger partial charge is 0.141 e. The maximum atomic E-state index is 10.5. The number of alkyl halides is 1. The standard InChI is InChI=1S/C10H9ClO/c11-10(7-12)6-9(10)8-4-2-1-3-5-8/h1-5,7,9H,6H2. The van der Waals surface area contributed by atoms with Crippen LogP contribution in [0.15, 0.2) is 30.3 Å². The van der Waals surface area contributed by atoms with Crippen molar-refractivity contribution in [2.75, 3.05) is 0 Å². The Balaban J connectivity index is 2.21. The molecule has 2 rings (SSSR count). The van der Waals surface area contributed by atoms with Gasteiger partial charge in [0, 0.05) is 5.92 Å². The molecular weight excluding hydrogens is 172 g/mol. The molecule has 62 valence electrons. The van der Waals surface area contributed by atoms with Gasteiger partial charge < -0.3 is 4.79 Å². The third-order valence-corrected chi connectivity index (χ3v) is 2.84. The van der Waals surface area contributed by atoms with Gasteiger partial charge in [-0.3, -0.25) is 0 Å². The summed E-state index contributed by atoms with van der Waals surface area (Å²) in [5.41, 5.74) is 1.17. The van der Waals surface area contributed by atoms with Gasteiger partial charge in [-0.25, -0.2) is 0 Å². The number of benzene rings is 1. The van der Waals surface area contributed by atoms with E-state index in [9.17, 15) is 4.79 Å². The molecule has 0 heterocycles. The zero-order valence-electron chi connectivity index (χ0n) is 6.53. The highest BCUT2D eigenvalue weighted by Crippen LogP contribution is 2.54. The number of carbonyl (C=O) groups excluding carboxylic acids is 1. The van der Waals surface area contributed by atoms with E-state index >= 15 is 0 Å². The molecule has 1 aliphatic carbocycles. The second-order valence-electron chi connectivity index (χ2n) is 3.21. The van der Waals surface area contributed by atoms with Gasteiger partial charge in [0.05, 0.1) is 0 Å². The first kappa shape index (κ1) is 7.81. The normalized spacial score (nSPS) is 32.9. The van der Waals surface area contributed by atoms with Crippen molar-refractivity contribution < 1.29 is 4.79 Å². The lowest BCUT2D eigenvalue weighted by Gasteiger charge is -1.99. The molecule has 1 aromatic rings. The van der Waals surface area contributed by atoms with Crippen molar-refractivity contribution in [1.82, 2.24) is 0 Å². The number of aldehydes is 1. The largest absolute Gasteiger partial charge is 0.301 e. The van der Waals surface area contributed by atoms with Crippen molar-refractivity contribution in [2.45, 2.75) is 17.2 Å². The van der Waals surface area contributed by atoms with Gasteiger partial charge >= 0.3 is 0 Å². The first-order chi connectivity index (χ1) is 5.76. The van der Waals surface area contributed by atoms with Gasteiger partial charge in [-0.2, -0.15) is 0 Å². The number of halogens is 1. The molecule has 2 atom stereocenters. The second-order valence-corrected chi connectivity index (χ2v) is 3.92. The van der Waals surface area contributed by atoms with E-state index in [0.717, 1.165) is 12.7 Å². The van der Waals surface area contributed by atoms with Crippen LogP contribution in [0.5, 0.6) is 0 Å². The molecule has 0 saturated heterocycles. The van der Waals surface area contributed by atoms with Gasteiger partial charge in [0.25, 0.3) is 0 Å². The molecular formula is C10H9ClO. The second kappa shape index (κ2) is 2.60. The summed E-state index contributed by atoms with van der Waals surface area (Å²) >= 11 is 5.96. The molecule has 0 radical (unpaired) electrons. The summed E-state index contributed by atoms with van der Waals surface area (Å²) in [4.78, 5) is 9.94. The topological polar surface area (TPSA) is 17.1 Å². The number of hydrogen-bond donors (Lipinski definition) is 0. The maximum absolute atomic E-state index is 10.5. The average molecular weight is 181 g/mol. The molecule has 0 bridgehead atoms. The molecule has 12 heavy (non-hydrogen) atoms. The Bertz CT molecular complexity index is 296. The molecule has 1 aromatic carbocycles.